The van der Waals surface area contributed by atoms with E-state index in [-0.39, 0.29) is 0 Å². The lowest BCUT2D eigenvalue weighted by Crippen LogP contribution is -2.52. The second-order valence-corrected chi connectivity index (χ2v) is 14.5. The van der Waals surface area contributed by atoms with E-state index in [2.05, 4.69) is 60.4 Å². The number of nitrogens with zero attached hydrogens (tertiary/aromatic N) is 1. The maximum absolute atomic E-state index is 6.98. The second-order valence-electron chi connectivity index (χ2n) is 9.39. The van der Waals surface area contributed by atoms with Gasteiger partial charge in [0.15, 0.2) is 0 Å². The number of aryl methyl sites for hydroxylation is 1. The summed E-state index contributed by atoms with van der Waals surface area (Å²) in [5, 5.41) is 4.18. The molecule has 2 aromatic carbocycles. The number of ether oxygens (including phenoxy) is 2. The standard InChI is InChI=1S/C25H31ClN2O2Si/c1-17-7-6-8-22(29-2)23(17)24-20(9-12-31(3,4)5)25-18(13-21(24)26)15-28-11-10-27-14-19(28)16-30-25/h6-8,13,19,27H,10-11,14-16H2,1-5H3/t19-/m1/s1. The van der Waals surface area contributed by atoms with Crippen molar-refractivity contribution in [1.82, 2.24) is 10.2 Å². The van der Waals surface area contributed by atoms with E-state index in [1.165, 1.54) is 0 Å². The number of piperazine rings is 1. The van der Waals surface area contributed by atoms with Crippen LogP contribution in [-0.2, 0) is 6.54 Å². The van der Waals surface area contributed by atoms with Crippen LogP contribution in [0.3, 0.4) is 0 Å². The minimum absolute atomic E-state index is 0.356. The summed E-state index contributed by atoms with van der Waals surface area (Å²) in [6.45, 7) is 13.3. The monoisotopic (exact) mass is 454 g/mol. The van der Waals surface area contributed by atoms with Gasteiger partial charge in [0.05, 0.1) is 23.7 Å². The zero-order valence-corrected chi connectivity index (χ0v) is 20.8. The minimum Gasteiger partial charge on any atom is -0.496 e. The molecule has 2 aromatic rings. The number of halogens is 1. The highest BCUT2D eigenvalue weighted by Gasteiger charge is 2.30. The van der Waals surface area contributed by atoms with Gasteiger partial charge in [-0.1, -0.05) is 49.3 Å². The molecule has 1 fully saturated rings. The van der Waals surface area contributed by atoms with E-state index in [4.69, 9.17) is 21.1 Å². The first-order chi connectivity index (χ1) is 14.8. The van der Waals surface area contributed by atoms with Crippen molar-refractivity contribution in [3.05, 3.63) is 46.0 Å². The first-order valence-electron chi connectivity index (χ1n) is 10.9. The SMILES string of the molecule is COc1cccc(C)c1-c1c(Cl)cc2c(c1C#C[Si](C)(C)C)OC[C@H]1CNCCN1C2. The van der Waals surface area contributed by atoms with Gasteiger partial charge in [0.25, 0.3) is 0 Å². The molecule has 1 atom stereocenters. The van der Waals surface area contributed by atoms with Crippen LogP contribution in [-0.4, -0.2) is 52.4 Å². The fourth-order valence-corrected chi connectivity index (χ4v) is 5.11. The van der Waals surface area contributed by atoms with Gasteiger partial charge >= 0.3 is 0 Å². The number of methoxy groups -OCH3 is 1. The Morgan fingerprint density at radius 1 is 1.26 bits per heavy atom. The van der Waals surface area contributed by atoms with Gasteiger partial charge in [0.1, 0.15) is 26.2 Å². The lowest BCUT2D eigenvalue weighted by atomic mass is 9.92. The predicted octanol–water partition coefficient (Wildman–Crippen LogP) is 4.72. The molecule has 6 heteroatoms. The minimum atomic E-state index is -1.62. The fourth-order valence-electron chi connectivity index (χ4n) is 4.29. The predicted molar refractivity (Wildman–Crippen MR) is 131 cm³/mol. The van der Waals surface area contributed by atoms with E-state index >= 15 is 0 Å². The van der Waals surface area contributed by atoms with Crippen molar-refractivity contribution in [2.75, 3.05) is 33.4 Å². The molecular formula is C25H31ClN2O2Si. The van der Waals surface area contributed by atoms with Gasteiger partial charge in [-0.15, -0.1) is 5.54 Å². The molecule has 0 aromatic heterocycles. The Morgan fingerprint density at radius 3 is 2.81 bits per heavy atom. The smallest absolute Gasteiger partial charge is 0.140 e. The van der Waals surface area contributed by atoms with Gasteiger partial charge in [-0.05, 0) is 24.6 Å². The molecule has 2 aliphatic rings. The Kier molecular flexibility index (Phi) is 6.36. The molecule has 0 radical (unpaired) electrons. The van der Waals surface area contributed by atoms with Crippen molar-refractivity contribution < 1.29 is 9.47 Å². The Bertz CT molecular complexity index is 1050. The second kappa shape index (κ2) is 8.88. The lowest BCUT2D eigenvalue weighted by Gasteiger charge is -2.33. The number of benzene rings is 2. The first-order valence-corrected chi connectivity index (χ1v) is 14.8. The first kappa shape index (κ1) is 22.2. The van der Waals surface area contributed by atoms with Crippen LogP contribution in [0.25, 0.3) is 11.1 Å². The molecule has 0 aliphatic carbocycles. The molecule has 1 saturated heterocycles. The maximum Gasteiger partial charge on any atom is 0.140 e. The Hall–Kier alpha value is -1.97. The lowest BCUT2D eigenvalue weighted by molar-refractivity contribution is 0.120. The van der Waals surface area contributed by atoms with E-state index in [0.29, 0.717) is 17.7 Å². The zero-order chi connectivity index (χ0) is 22.2. The maximum atomic E-state index is 6.98. The van der Waals surface area contributed by atoms with E-state index in [0.717, 1.165) is 65.5 Å². The highest BCUT2D eigenvalue weighted by atomic mass is 35.5. The summed E-state index contributed by atoms with van der Waals surface area (Å²) in [7, 11) is 0.0821. The molecule has 4 nitrogen and oxygen atoms in total. The van der Waals surface area contributed by atoms with Crippen molar-refractivity contribution in [1.29, 1.82) is 0 Å². The summed E-state index contributed by atoms with van der Waals surface area (Å²) < 4.78 is 12.2. The fraction of sp³-hybridized carbons (Fsp3) is 0.440. The van der Waals surface area contributed by atoms with E-state index in [1.54, 1.807) is 7.11 Å². The molecule has 2 aliphatic heterocycles. The van der Waals surface area contributed by atoms with Gasteiger partial charge < -0.3 is 14.8 Å². The molecule has 0 saturated carbocycles. The third-order valence-electron chi connectivity index (χ3n) is 5.84. The quantitative estimate of drug-likeness (QED) is 0.526. The number of rotatable bonds is 2. The van der Waals surface area contributed by atoms with Crippen molar-refractivity contribution >= 4 is 19.7 Å². The Labute approximate surface area is 191 Å². The number of fused-ring (bicyclic) bond motifs is 2. The van der Waals surface area contributed by atoms with Crippen LogP contribution in [0.5, 0.6) is 11.5 Å². The summed E-state index contributed by atoms with van der Waals surface area (Å²) in [4.78, 5) is 2.49. The molecule has 0 bridgehead atoms. The summed E-state index contributed by atoms with van der Waals surface area (Å²) in [5.74, 6) is 5.20. The van der Waals surface area contributed by atoms with Gasteiger partial charge in [-0.25, -0.2) is 0 Å². The van der Waals surface area contributed by atoms with Crippen molar-refractivity contribution in [2.24, 2.45) is 0 Å². The average Bonchev–Trinajstić information content (AvgIpc) is 2.90. The van der Waals surface area contributed by atoms with Crippen LogP contribution in [0.2, 0.25) is 24.7 Å². The van der Waals surface area contributed by atoms with Crippen LogP contribution in [0.1, 0.15) is 16.7 Å². The molecule has 0 unspecified atom stereocenters. The van der Waals surface area contributed by atoms with E-state index < -0.39 is 8.07 Å². The topological polar surface area (TPSA) is 33.7 Å². The van der Waals surface area contributed by atoms with E-state index in [9.17, 15) is 0 Å². The normalized spacial score (nSPS) is 18.7. The van der Waals surface area contributed by atoms with Crippen LogP contribution in [0.15, 0.2) is 24.3 Å². The van der Waals surface area contributed by atoms with Gasteiger partial charge in [0, 0.05) is 42.9 Å². The zero-order valence-electron chi connectivity index (χ0n) is 19.1. The molecular weight excluding hydrogens is 424 g/mol. The van der Waals surface area contributed by atoms with Crippen LogP contribution >= 0.6 is 11.6 Å². The number of hydrogen-bond donors (Lipinski definition) is 1. The third kappa shape index (κ3) is 4.63. The third-order valence-corrected chi connectivity index (χ3v) is 7.01. The van der Waals surface area contributed by atoms with Crippen LogP contribution in [0, 0.1) is 18.4 Å². The van der Waals surface area contributed by atoms with Gasteiger partial charge in [0.2, 0.25) is 0 Å². The van der Waals surface area contributed by atoms with Crippen LogP contribution < -0.4 is 14.8 Å². The highest BCUT2D eigenvalue weighted by Crippen LogP contribution is 2.45. The largest absolute Gasteiger partial charge is 0.496 e. The van der Waals surface area contributed by atoms with Crippen LogP contribution in [0.4, 0.5) is 0 Å². The van der Waals surface area contributed by atoms with E-state index in [1.807, 2.05) is 12.1 Å². The van der Waals surface area contributed by atoms with Crippen molar-refractivity contribution in [3.8, 4) is 34.1 Å². The molecule has 1 N–H and O–H groups in total. The van der Waals surface area contributed by atoms with Crippen molar-refractivity contribution in [2.45, 2.75) is 39.2 Å². The van der Waals surface area contributed by atoms with Gasteiger partial charge in [-0.3, -0.25) is 4.90 Å². The highest BCUT2D eigenvalue weighted by molar-refractivity contribution is 6.83. The molecule has 0 spiro atoms. The molecule has 0 amide bonds. The summed E-state index contributed by atoms with van der Waals surface area (Å²) in [5.41, 5.74) is 8.57. The Balaban J connectivity index is 1.97. The summed E-state index contributed by atoms with van der Waals surface area (Å²) in [6.07, 6.45) is 0. The number of nitrogens with one attached hydrogen (secondary N) is 1. The molecule has 31 heavy (non-hydrogen) atoms. The molecule has 4 rings (SSSR count). The molecule has 2 heterocycles. The summed E-state index contributed by atoms with van der Waals surface area (Å²) >= 11 is 6.98. The average molecular weight is 455 g/mol. The molecule has 164 valence electrons. The van der Waals surface area contributed by atoms with Gasteiger partial charge in [-0.2, -0.15) is 0 Å². The van der Waals surface area contributed by atoms with Crippen molar-refractivity contribution in [3.63, 3.8) is 0 Å². The summed E-state index contributed by atoms with van der Waals surface area (Å²) in [6, 6.07) is 8.50. The number of hydrogen-bond acceptors (Lipinski definition) is 4. The Morgan fingerprint density at radius 2 is 2.06 bits per heavy atom.